The lowest BCUT2D eigenvalue weighted by atomic mass is 9.84. The fourth-order valence-electron chi connectivity index (χ4n) is 7.17. The summed E-state index contributed by atoms with van der Waals surface area (Å²) >= 11 is 0. The highest BCUT2D eigenvalue weighted by molar-refractivity contribution is 7.91. The molecule has 0 N–H and O–H groups in total. The fraction of sp³-hybridized carbons (Fsp3) is 0.562. The second-order valence-corrected chi connectivity index (χ2v) is 14.3. The summed E-state index contributed by atoms with van der Waals surface area (Å²) in [7, 11) is -3.61. The number of rotatable bonds is 4. The van der Waals surface area contributed by atoms with Crippen molar-refractivity contribution in [1.82, 2.24) is 9.80 Å². The Hall–Kier alpha value is -2.67. The van der Waals surface area contributed by atoms with Gasteiger partial charge in [-0.15, -0.1) is 0 Å². The second-order valence-electron chi connectivity index (χ2n) is 12.4. The molecule has 0 radical (unpaired) electrons. The van der Waals surface area contributed by atoms with Gasteiger partial charge in [-0.2, -0.15) is 0 Å². The van der Waals surface area contributed by atoms with Crippen molar-refractivity contribution in [2.24, 2.45) is 33.7 Å². The smallest absolute Gasteiger partial charge is 0.206 e. The number of fused-ring (bicyclic) bond motifs is 8. The van der Waals surface area contributed by atoms with Crippen LogP contribution in [0.5, 0.6) is 0 Å². The Morgan fingerprint density at radius 1 is 0.564 bits per heavy atom. The number of sulfone groups is 1. The van der Waals surface area contributed by atoms with Crippen molar-refractivity contribution in [2.75, 3.05) is 26.2 Å². The first-order valence-corrected chi connectivity index (χ1v) is 16.4. The number of hydrogen-bond donors (Lipinski definition) is 0. The molecule has 0 amide bonds. The summed E-state index contributed by atoms with van der Waals surface area (Å²) in [6.45, 7) is 8.54. The van der Waals surface area contributed by atoms with Crippen molar-refractivity contribution in [3.05, 3.63) is 48.5 Å². The zero-order chi connectivity index (χ0) is 27.0. The van der Waals surface area contributed by atoms with Crippen LogP contribution in [0, 0.1) is 23.7 Å². The van der Waals surface area contributed by atoms with Crippen LogP contribution in [0.15, 0.2) is 68.3 Å². The van der Waals surface area contributed by atoms with Gasteiger partial charge in [0.2, 0.25) is 9.84 Å². The summed E-state index contributed by atoms with van der Waals surface area (Å²) in [6, 6.07) is 14.0. The van der Waals surface area contributed by atoms with E-state index >= 15 is 0 Å². The van der Waals surface area contributed by atoms with Gasteiger partial charge in [0.1, 0.15) is 11.7 Å². The average molecular weight is 547 g/mol. The molecule has 208 valence electrons. The van der Waals surface area contributed by atoms with E-state index < -0.39 is 9.84 Å². The molecule has 0 spiro atoms. The molecule has 4 aliphatic heterocycles. The molecular weight excluding hydrogens is 504 g/mol. The Kier molecular flexibility index (Phi) is 7.54. The predicted octanol–water partition coefficient (Wildman–Crippen LogP) is 6.86. The molecule has 2 aliphatic carbocycles. The second kappa shape index (κ2) is 11.1. The quantitative estimate of drug-likeness (QED) is 0.310. The normalized spacial score (nSPS) is 27.9. The Morgan fingerprint density at radius 3 is 1.13 bits per heavy atom. The SMILES string of the molecule is C/C(=N/c1ccc(S(=O)(=O)c2ccc(/N=C(/C)N3CC4CCC(CC4)C3)cc2)cc1)N1CC2CCC(CC2)C1. The molecule has 6 fully saturated rings. The molecule has 0 unspecified atom stereocenters. The number of aliphatic imine (C=N–C) groups is 2. The first-order chi connectivity index (χ1) is 18.8. The summed E-state index contributed by atoms with van der Waals surface area (Å²) in [6.07, 6.45) is 10.7. The maximum absolute atomic E-state index is 13.3. The van der Waals surface area contributed by atoms with E-state index in [9.17, 15) is 8.42 Å². The van der Waals surface area contributed by atoms with Crippen molar-refractivity contribution in [3.63, 3.8) is 0 Å². The number of hydrogen-bond acceptors (Lipinski definition) is 4. The molecule has 39 heavy (non-hydrogen) atoms. The van der Waals surface area contributed by atoms with Crippen molar-refractivity contribution in [2.45, 2.75) is 75.0 Å². The Labute approximate surface area is 234 Å². The topological polar surface area (TPSA) is 65.3 Å². The van der Waals surface area contributed by atoms with Gasteiger partial charge in [0, 0.05) is 26.2 Å². The van der Waals surface area contributed by atoms with Crippen LogP contribution in [-0.4, -0.2) is 56.1 Å². The summed E-state index contributed by atoms with van der Waals surface area (Å²) in [5, 5.41) is 0. The standard InChI is InChI=1S/C32H42N4O2S/c1-23(35-19-25-3-4-26(20-35)6-5-25)33-29-11-15-31(16-12-29)39(37,38)32-17-13-30(14-18-32)34-24(2)36-21-27-7-8-28(22-36)10-9-27/h11-18,25-28H,3-10,19-22H2,1-2H3/b33-23-,34-24-. The minimum atomic E-state index is -3.61. The van der Waals surface area contributed by atoms with Gasteiger partial charge in [0.25, 0.3) is 0 Å². The van der Waals surface area contributed by atoms with Crippen molar-refractivity contribution < 1.29 is 8.42 Å². The van der Waals surface area contributed by atoms with Gasteiger partial charge in [-0.1, -0.05) is 0 Å². The molecule has 6 nitrogen and oxygen atoms in total. The van der Waals surface area contributed by atoms with E-state index in [0.717, 1.165) is 72.9 Å². The summed E-state index contributed by atoms with van der Waals surface area (Å²) in [4.78, 5) is 15.1. The van der Waals surface area contributed by atoms with Crippen LogP contribution < -0.4 is 0 Å². The van der Waals surface area contributed by atoms with E-state index in [1.807, 2.05) is 24.3 Å². The minimum absolute atomic E-state index is 0.291. The maximum atomic E-state index is 13.3. The number of nitrogens with zero attached hydrogens (tertiary/aromatic N) is 4. The molecule has 4 bridgehead atoms. The summed E-state index contributed by atoms with van der Waals surface area (Å²) < 4.78 is 26.7. The lowest BCUT2D eigenvalue weighted by molar-refractivity contribution is 0.326. The molecule has 7 heteroatoms. The maximum Gasteiger partial charge on any atom is 0.206 e. The highest BCUT2D eigenvalue weighted by atomic mass is 32.2. The minimum Gasteiger partial charge on any atom is -0.360 e. The van der Waals surface area contributed by atoms with Crippen molar-refractivity contribution >= 4 is 32.9 Å². The lowest BCUT2D eigenvalue weighted by Crippen LogP contribution is -2.32. The van der Waals surface area contributed by atoms with E-state index in [1.54, 1.807) is 24.3 Å². The highest BCUT2D eigenvalue weighted by Gasteiger charge is 2.31. The lowest BCUT2D eigenvalue weighted by Gasteiger charge is -2.24. The van der Waals surface area contributed by atoms with Crippen LogP contribution in [0.25, 0.3) is 0 Å². The van der Waals surface area contributed by atoms with E-state index in [4.69, 9.17) is 9.98 Å². The molecular formula is C32H42N4O2S. The van der Waals surface area contributed by atoms with Gasteiger partial charge in [-0.05, 0) is 137 Å². The molecule has 6 aliphatic rings. The third-order valence-electron chi connectivity index (χ3n) is 9.64. The van der Waals surface area contributed by atoms with Crippen LogP contribution in [-0.2, 0) is 9.84 Å². The molecule has 4 heterocycles. The van der Waals surface area contributed by atoms with Crippen molar-refractivity contribution in [1.29, 1.82) is 0 Å². The largest absolute Gasteiger partial charge is 0.360 e. The Morgan fingerprint density at radius 2 is 0.846 bits per heavy atom. The molecule has 2 saturated carbocycles. The first kappa shape index (κ1) is 26.5. The third-order valence-corrected chi connectivity index (χ3v) is 11.4. The fourth-order valence-corrected chi connectivity index (χ4v) is 8.43. The van der Waals surface area contributed by atoms with Gasteiger partial charge >= 0.3 is 0 Å². The van der Waals surface area contributed by atoms with E-state index in [-0.39, 0.29) is 0 Å². The molecule has 0 atom stereocenters. The van der Waals surface area contributed by atoms with Gasteiger partial charge in [-0.25, -0.2) is 18.4 Å². The van der Waals surface area contributed by atoms with Gasteiger partial charge in [0.15, 0.2) is 0 Å². The van der Waals surface area contributed by atoms with E-state index in [2.05, 4.69) is 23.6 Å². The van der Waals surface area contributed by atoms with Crippen LogP contribution in [0.1, 0.15) is 65.2 Å². The number of amidine groups is 2. The van der Waals surface area contributed by atoms with Crippen LogP contribution >= 0.6 is 0 Å². The van der Waals surface area contributed by atoms with Crippen LogP contribution in [0.2, 0.25) is 0 Å². The van der Waals surface area contributed by atoms with E-state index in [1.165, 1.54) is 51.4 Å². The molecule has 2 aromatic carbocycles. The summed E-state index contributed by atoms with van der Waals surface area (Å²) in [5.74, 6) is 5.20. The average Bonchev–Trinajstić information content (AvgIpc) is 3.46. The monoisotopic (exact) mass is 546 g/mol. The Balaban J connectivity index is 1.13. The zero-order valence-corrected chi connectivity index (χ0v) is 24.2. The van der Waals surface area contributed by atoms with Crippen molar-refractivity contribution in [3.8, 4) is 0 Å². The van der Waals surface area contributed by atoms with Crippen LogP contribution in [0.3, 0.4) is 0 Å². The van der Waals surface area contributed by atoms with Gasteiger partial charge in [-0.3, -0.25) is 0 Å². The van der Waals surface area contributed by atoms with Gasteiger partial charge < -0.3 is 9.80 Å². The predicted molar refractivity (Wildman–Crippen MR) is 158 cm³/mol. The molecule has 4 saturated heterocycles. The zero-order valence-electron chi connectivity index (χ0n) is 23.4. The third kappa shape index (κ3) is 5.93. The number of benzene rings is 2. The van der Waals surface area contributed by atoms with E-state index in [0.29, 0.717) is 9.79 Å². The first-order valence-electron chi connectivity index (χ1n) is 14.9. The Bertz CT molecular complexity index is 1190. The summed E-state index contributed by atoms with van der Waals surface area (Å²) in [5.41, 5.74) is 1.59. The molecule has 0 aromatic heterocycles. The highest BCUT2D eigenvalue weighted by Crippen LogP contribution is 2.35. The van der Waals surface area contributed by atoms with Gasteiger partial charge in [0.05, 0.1) is 21.2 Å². The molecule has 2 aromatic rings. The van der Waals surface area contributed by atoms with Crippen LogP contribution in [0.4, 0.5) is 11.4 Å². The molecule has 8 rings (SSSR count).